The SMILES string of the molecule is CCc1ncccc1[Si](Cl)(Cl)Cl. The van der Waals surface area contributed by atoms with Crippen molar-refractivity contribution in [2.45, 2.75) is 13.3 Å². The van der Waals surface area contributed by atoms with Crippen molar-refractivity contribution in [3.8, 4) is 0 Å². The molecular weight excluding hydrogens is 233 g/mol. The van der Waals surface area contributed by atoms with E-state index in [0.29, 0.717) is 0 Å². The standard InChI is InChI=1S/C7H8Cl3NSi/c1-2-6-7(12(8,9)10)4-3-5-11-6/h3-5H,2H2,1H3. The Bertz CT molecular complexity index is 272. The second-order valence-electron chi connectivity index (χ2n) is 2.35. The molecule has 1 heterocycles. The van der Waals surface area contributed by atoms with Crippen LogP contribution >= 0.6 is 33.2 Å². The van der Waals surface area contributed by atoms with E-state index in [1.165, 1.54) is 0 Å². The van der Waals surface area contributed by atoms with Gasteiger partial charge in [0.1, 0.15) is 0 Å². The van der Waals surface area contributed by atoms with Gasteiger partial charge in [0.2, 0.25) is 0 Å². The van der Waals surface area contributed by atoms with E-state index >= 15 is 0 Å². The van der Waals surface area contributed by atoms with E-state index in [1.807, 2.05) is 13.0 Å². The van der Waals surface area contributed by atoms with E-state index in [4.69, 9.17) is 33.2 Å². The van der Waals surface area contributed by atoms with Gasteiger partial charge in [-0.2, -0.15) is 0 Å². The number of hydrogen-bond donors (Lipinski definition) is 0. The molecule has 0 aliphatic carbocycles. The highest BCUT2D eigenvalue weighted by atomic mass is 35.8. The van der Waals surface area contributed by atoms with Gasteiger partial charge in [-0.25, -0.2) is 0 Å². The summed E-state index contributed by atoms with van der Waals surface area (Å²) in [4.78, 5) is 4.15. The quantitative estimate of drug-likeness (QED) is 0.572. The number of pyridine rings is 1. The molecule has 0 fully saturated rings. The molecule has 12 heavy (non-hydrogen) atoms. The van der Waals surface area contributed by atoms with E-state index < -0.39 is 6.00 Å². The summed E-state index contributed by atoms with van der Waals surface area (Å²) in [7, 11) is 0. The minimum absolute atomic E-state index is 0.803. The number of nitrogens with zero attached hydrogens (tertiary/aromatic N) is 1. The zero-order valence-electron chi connectivity index (χ0n) is 6.52. The van der Waals surface area contributed by atoms with Crippen LogP contribution in [-0.2, 0) is 6.42 Å². The lowest BCUT2D eigenvalue weighted by Crippen LogP contribution is -2.33. The first-order valence-electron chi connectivity index (χ1n) is 3.56. The minimum Gasteiger partial charge on any atom is -0.261 e. The van der Waals surface area contributed by atoms with Crippen LogP contribution < -0.4 is 5.19 Å². The van der Waals surface area contributed by atoms with Crippen LogP contribution in [0.15, 0.2) is 18.3 Å². The Morgan fingerprint density at radius 3 is 2.50 bits per heavy atom. The molecule has 0 spiro atoms. The van der Waals surface area contributed by atoms with Gasteiger partial charge >= 0.3 is 6.00 Å². The van der Waals surface area contributed by atoms with Crippen molar-refractivity contribution in [2.75, 3.05) is 0 Å². The summed E-state index contributed by atoms with van der Waals surface area (Å²) in [5.74, 6) is 0. The topological polar surface area (TPSA) is 12.9 Å². The smallest absolute Gasteiger partial charge is 0.261 e. The number of rotatable bonds is 2. The van der Waals surface area contributed by atoms with E-state index in [1.54, 1.807) is 12.3 Å². The van der Waals surface area contributed by atoms with Crippen molar-refractivity contribution in [3.63, 3.8) is 0 Å². The normalized spacial score (nSPS) is 11.7. The molecule has 5 heteroatoms. The molecule has 0 aliphatic heterocycles. The maximum absolute atomic E-state index is 5.87. The number of hydrogen-bond acceptors (Lipinski definition) is 1. The van der Waals surface area contributed by atoms with Crippen molar-refractivity contribution in [1.82, 2.24) is 4.98 Å². The van der Waals surface area contributed by atoms with E-state index in [9.17, 15) is 0 Å². The molecule has 1 aromatic heterocycles. The van der Waals surface area contributed by atoms with Crippen LogP contribution in [0.2, 0.25) is 0 Å². The van der Waals surface area contributed by atoms with E-state index in [0.717, 1.165) is 17.3 Å². The Balaban J connectivity index is 3.14. The summed E-state index contributed by atoms with van der Waals surface area (Å²) in [6, 6.07) is 0.889. The Kier molecular flexibility index (Phi) is 3.41. The summed E-state index contributed by atoms with van der Waals surface area (Å²) in [6.07, 6.45) is 2.52. The molecule has 66 valence electrons. The van der Waals surface area contributed by atoms with Crippen molar-refractivity contribution in [2.24, 2.45) is 0 Å². The lowest BCUT2D eigenvalue weighted by Gasteiger charge is -2.11. The molecule has 1 aromatic rings. The third kappa shape index (κ3) is 2.36. The third-order valence-corrected chi connectivity index (χ3v) is 4.43. The van der Waals surface area contributed by atoms with Crippen LogP contribution in [-0.4, -0.2) is 11.0 Å². The molecule has 1 rings (SSSR count). The molecule has 0 radical (unpaired) electrons. The Morgan fingerprint density at radius 2 is 2.08 bits per heavy atom. The van der Waals surface area contributed by atoms with Gasteiger partial charge in [0.15, 0.2) is 0 Å². The second kappa shape index (κ2) is 3.96. The van der Waals surface area contributed by atoms with Gasteiger partial charge < -0.3 is 0 Å². The van der Waals surface area contributed by atoms with Gasteiger partial charge in [-0.05, 0) is 12.5 Å². The zero-order chi connectivity index (χ0) is 9.19. The molecule has 0 unspecified atom stereocenters. The van der Waals surface area contributed by atoms with Crippen molar-refractivity contribution in [3.05, 3.63) is 24.0 Å². The zero-order valence-corrected chi connectivity index (χ0v) is 9.79. The van der Waals surface area contributed by atoms with Gasteiger partial charge in [-0.1, -0.05) is 13.0 Å². The Hall–Kier alpha value is 0.237. The molecule has 0 aliphatic rings. The Labute approximate surface area is 86.8 Å². The first-order valence-corrected chi connectivity index (χ1v) is 8.60. The summed E-state index contributed by atoms with van der Waals surface area (Å²) >= 11 is 17.6. The summed E-state index contributed by atoms with van der Waals surface area (Å²) < 4.78 is 0. The van der Waals surface area contributed by atoms with Gasteiger partial charge in [0.25, 0.3) is 0 Å². The van der Waals surface area contributed by atoms with Crippen LogP contribution in [0.1, 0.15) is 12.6 Å². The fraction of sp³-hybridized carbons (Fsp3) is 0.286. The fourth-order valence-electron chi connectivity index (χ4n) is 0.978. The van der Waals surface area contributed by atoms with Crippen LogP contribution in [0.4, 0.5) is 0 Å². The fourth-order valence-corrected chi connectivity index (χ4v) is 3.38. The molecule has 1 nitrogen and oxygen atoms in total. The first-order chi connectivity index (χ1) is 5.55. The largest absolute Gasteiger partial charge is 0.374 e. The van der Waals surface area contributed by atoms with Crippen molar-refractivity contribution in [1.29, 1.82) is 0 Å². The molecule has 0 saturated carbocycles. The number of aryl methyl sites for hydroxylation is 1. The monoisotopic (exact) mass is 239 g/mol. The average molecular weight is 241 g/mol. The molecule has 0 saturated heterocycles. The van der Waals surface area contributed by atoms with Crippen LogP contribution in [0.3, 0.4) is 0 Å². The highest BCUT2D eigenvalue weighted by molar-refractivity contribution is 7.69. The first kappa shape index (κ1) is 10.3. The van der Waals surface area contributed by atoms with E-state index in [-0.39, 0.29) is 0 Å². The predicted octanol–water partition coefficient (Wildman–Crippen LogP) is 2.51. The van der Waals surface area contributed by atoms with Crippen LogP contribution in [0.5, 0.6) is 0 Å². The summed E-state index contributed by atoms with van der Waals surface area (Å²) in [5, 5.41) is 0.803. The highest BCUT2D eigenvalue weighted by Gasteiger charge is 2.30. The summed E-state index contributed by atoms with van der Waals surface area (Å²) in [6.45, 7) is 2.00. The van der Waals surface area contributed by atoms with Gasteiger partial charge in [0.05, 0.1) is 0 Å². The highest BCUT2D eigenvalue weighted by Crippen LogP contribution is 2.20. The van der Waals surface area contributed by atoms with E-state index in [2.05, 4.69) is 4.98 Å². The Morgan fingerprint density at radius 1 is 1.42 bits per heavy atom. The predicted molar refractivity (Wildman–Crippen MR) is 56.6 cm³/mol. The van der Waals surface area contributed by atoms with Gasteiger partial charge in [-0.3, -0.25) is 4.98 Å². The maximum atomic E-state index is 5.87. The third-order valence-electron chi connectivity index (χ3n) is 1.53. The average Bonchev–Trinajstić information content (AvgIpc) is 2.03. The number of aromatic nitrogens is 1. The van der Waals surface area contributed by atoms with Crippen LogP contribution in [0, 0.1) is 0 Å². The summed E-state index contributed by atoms with van der Waals surface area (Å²) in [5.41, 5.74) is 0.893. The van der Waals surface area contributed by atoms with Crippen molar-refractivity contribution < 1.29 is 0 Å². The molecule has 0 amide bonds. The van der Waals surface area contributed by atoms with Crippen molar-refractivity contribution >= 4 is 44.4 Å². The number of halogens is 3. The second-order valence-corrected chi connectivity index (χ2v) is 10.7. The van der Waals surface area contributed by atoms with Gasteiger partial charge in [0, 0.05) is 17.1 Å². The minimum atomic E-state index is -2.74. The molecule has 0 N–H and O–H groups in total. The van der Waals surface area contributed by atoms with Gasteiger partial charge in [-0.15, -0.1) is 33.2 Å². The molecular formula is C7H8Cl3NSi. The lowest BCUT2D eigenvalue weighted by molar-refractivity contribution is 1.05. The van der Waals surface area contributed by atoms with Crippen LogP contribution in [0.25, 0.3) is 0 Å². The molecule has 0 atom stereocenters. The molecule has 0 bridgehead atoms. The lowest BCUT2D eigenvalue weighted by atomic mass is 10.3. The molecule has 0 aromatic carbocycles. The maximum Gasteiger partial charge on any atom is 0.374 e.